The zero-order valence-electron chi connectivity index (χ0n) is 20.1. The molecule has 34 heavy (non-hydrogen) atoms. The van der Waals surface area contributed by atoms with Crippen LogP contribution in [0.3, 0.4) is 0 Å². The molecule has 1 rings (SSSR count). The zero-order valence-corrected chi connectivity index (χ0v) is 28.1. The van der Waals surface area contributed by atoms with Crippen molar-refractivity contribution in [2.45, 2.75) is 0 Å². The molecule has 0 aliphatic rings. The Labute approximate surface area is 286 Å². The number of hydrogen-bond donors (Lipinski definition) is 1. The molecule has 1 aromatic carbocycles. The van der Waals surface area contributed by atoms with E-state index in [-0.39, 0.29) is 138 Å². The van der Waals surface area contributed by atoms with Crippen molar-refractivity contribution in [2.75, 3.05) is 52.5 Å². The van der Waals surface area contributed by atoms with Gasteiger partial charge >= 0.3 is 118 Å². The second kappa shape index (κ2) is 28.4. The Bertz CT molecular complexity index is 618. The van der Waals surface area contributed by atoms with Gasteiger partial charge in [-0.2, -0.15) is 0 Å². The molecule has 0 bridgehead atoms. The molecule has 0 aromatic heterocycles. The number of carboxylic acid groups (broad SMARTS) is 4. The molecule has 0 unspecified atom stereocenters. The van der Waals surface area contributed by atoms with Gasteiger partial charge in [-0.15, -0.1) is 0 Å². The zero-order chi connectivity index (χ0) is 22.9. The molecule has 0 saturated carbocycles. The Balaban J connectivity index is -0.000000171. The van der Waals surface area contributed by atoms with Gasteiger partial charge in [-0.25, -0.2) is 0 Å². The van der Waals surface area contributed by atoms with Gasteiger partial charge < -0.3 is 49.4 Å². The normalized spacial score (nSPS) is 9.03. The Morgan fingerprint density at radius 1 is 0.676 bits per heavy atom. The second-order valence-electron chi connectivity index (χ2n) is 5.79. The van der Waals surface area contributed by atoms with Gasteiger partial charge in [0.05, 0.1) is 30.5 Å². The summed E-state index contributed by atoms with van der Waals surface area (Å²) in [7, 11) is 0. The van der Waals surface area contributed by atoms with Gasteiger partial charge in [0.15, 0.2) is 0 Å². The molecule has 0 amide bonds. The minimum atomic E-state index is -1.53. The number of rotatable bonds is 14. The summed E-state index contributed by atoms with van der Waals surface area (Å²) < 4.78 is 5.11. The van der Waals surface area contributed by atoms with E-state index in [9.17, 15) is 39.6 Å². The average Bonchev–Trinajstić information content (AvgIpc) is 2.64. The summed E-state index contributed by atoms with van der Waals surface area (Å²) in [4.78, 5) is 43.4. The van der Waals surface area contributed by atoms with Crippen molar-refractivity contribution in [2.24, 2.45) is 0 Å². The largest absolute Gasteiger partial charge is 1.00 e. The first-order valence-electron chi connectivity index (χ1n) is 8.66. The molecule has 0 atom stereocenters. The molecule has 0 aliphatic carbocycles. The van der Waals surface area contributed by atoms with E-state index in [4.69, 9.17) is 9.84 Å². The van der Waals surface area contributed by atoms with Gasteiger partial charge in [0, 0.05) is 39.3 Å². The molecule has 12 nitrogen and oxygen atoms in total. The SMILES string of the molecule is O=C([O-])CN(CCN(CC(=O)[O-])CC(=O)[O-])CC(=O)[O-].OCCOc1ccccc1.[Na+].[Na+].[Na+].[Na+]. The number of carbonyl (C=O) groups is 4. The van der Waals surface area contributed by atoms with Crippen LogP contribution >= 0.6 is 0 Å². The van der Waals surface area contributed by atoms with Gasteiger partial charge in [0.2, 0.25) is 0 Å². The minimum absolute atomic E-state index is 0. The molecule has 168 valence electrons. The predicted octanol–water partition coefficient (Wildman–Crippen LogP) is -18.3. The monoisotopic (exact) mass is 518 g/mol. The molecule has 0 spiro atoms. The summed E-state index contributed by atoms with van der Waals surface area (Å²) in [6.45, 7) is -2.82. The molecule has 0 fully saturated rings. The summed E-state index contributed by atoms with van der Waals surface area (Å²) in [5.41, 5.74) is 0. The predicted molar refractivity (Wildman–Crippen MR) is 91.9 cm³/mol. The molecular formula is C18H22N2Na4O10. The molecule has 16 heteroatoms. The smallest absolute Gasteiger partial charge is 0.549 e. The van der Waals surface area contributed by atoms with Gasteiger partial charge in [-0.1, -0.05) is 18.2 Å². The summed E-state index contributed by atoms with van der Waals surface area (Å²) in [6.07, 6.45) is 0. The van der Waals surface area contributed by atoms with Gasteiger partial charge in [0.1, 0.15) is 12.4 Å². The maximum atomic E-state index is 10.4. The first-order chi connectivity index (χ1) is 14.1. The van der Waals surface area contributed by atoms with Crippen LogP contribution in [-0.4, -0.2) is 91.3 Å². The van der Waals surface area contributed by atoms with Gasteiger partial charge in [0.25, 0.3) is 0 Å². The minimum Gasteiger partial charge on any atom is -0.549 e. The summed E-state index contributed by atoms with van der Waals surface area (Å²) in [6, 6.07) is 9.43. The number of carboxylic acids is 4. The number of aliphatic hydroxyl groups is 1. The number of hydrogen-bond acceptors (Lipinski definition) is 12. The second-order valence-corrected chi connectivity index (χ2v) is 5.79. The molecule has 0 radical (unpaired) electrons. The molecule has 1 aromatic rings. The first kappa shape index (κ1) is 44.8. The fourth-order valence-corrected chi connectivity index (χ4v) is 2.12. The average molecular weight is 518 g/mol. The van der Waals surface area contributed by atoms with E-state index >= 15 is 0 Å². The number of aliphatic hydroxyl groups excluding tert-OH is 1. The van der Waals surface area contributed by atoms with Crippen molar-refractivity contribution in [3.8, 4) is 5.75 Å². The maximum absolute atomic E-state index is 10.4. The van der Waals surface area contributed by atoms with Crippen LogP contribution in [-0.2, 0) is 19.2 Å². The molecule has 0 saturated heterocycles. The van der Waals surface area contributed by atoms with Crippen LogP contribution in [0.5, 0.6) is 5.75 Å². The van der Waals surface area contributed by atoms with E-state index in [1.54, 1.807) is 0 Å². The third-order valence-corrected chi connectivity index (χ3v) is 3.25. The van der Waals surface area contributed by atoms with Crippen LogP contribution in [0.15, 0.2) is 30.3 Å². The Hall–Kier alpha value is 0.780. The summed E-state index contributed by atoms with van der Waals surface area (Å²) in [5.74, 6) is -5.32. The van der Waals surface area contributed by atoms with Crippen LogP contribution in [0.25, 0.3) is 0 Å². The topological polar surface area (TPSA) is 196 Å². The molecule has 0 aliphatic heterocycles. The van der Waals surface area contributed by atoms with E-state index in [0.717, 1.165) is 15.5 Å². The van der Waals surface area contributed by atoms with Crippen molar-refractivity contribution >= 4 is 23.9 Å². The Morgan fingerprint density at radius 2 is 1.00 bits per heavy atom. The van der Waals surface area contributed by atoms with E-state index in [1.165, 1.54) is 0 Å². The van der Waals surface area contributed by atoms with Crippen LogP contribution in [0.1, 0.15) is 0 Å². The number of aliphatic carboxylic acids is 4. The number of ether oxygens (including phenoxy) is 1. The summed E-state index contributed by atoms with van der Waals surface area (Å²) in [5, 5.41) is 50.0. The molecule has 1 N–H and O–H groups in total. The molecule has 0 heterocycles. The number of para-hydroxylation sites is 1. The number of nitrogens with zero attached hydrogens (tertiary/aromatic N) is 2. The van der Waals surface area contributed by atoms with Crippen molar-refractivity contribution in [1.29, 1.82) is 0 Å². The van der Waals surface area contributed by atoms with Crippen LogP contribution in [0, 0.1) is 0 Å². The van der Waals surface area contributed by atoms with Crippen molar-refractivity contribution < 1.29 is 168 Å². The number of benzene rings is 1. The Kier molecular flexibility index (Phi) is 37.3. The van der Waals surface area contributed by atoms with E-state index < -0.39 is 50.1 Å². The number of carbonyl (C=O) groups excluding carboxylic acids is 4. The van der Waals surface area contributed by atoms with Crippen LogP contribution < -0.4 is 143 Å². The van der Waals surface area contributed by atoms with Gasteiger partial charge in [-0.05, 0) is 12.1 Å². The summed E-state index contributed by atoms with van der Waals surface area (Å²) >= 11 is 0. The quantitative estimate of drug-likeness (QED) is 0.229. The van der Waals surface area contributed by atoms with Crippen molar-refractivity contribution in [3.05, 3.63) is 30.3 Å². The standard InChI is InChI=1S/C10H16N2O8.C8H10O2.4Na/c13-7(14)3-11(4-8(15)16)1-2-12(5-9(17)18)6-10(19)20;9-6-7-10-8-4-2-1-3-5-8;;;;/h1-6H2,(H,13,14)(H,15,16)(H,17,18)(H,19,20);1-5,9H,6-7H2;;;;/q;;4*+1/p-4. The fourth-order valence-electron chi connectivity index (χ4n) is 2.12. The van der Waals surface area contributed by atoms with Crippen molar-refractivity contribution in [1.82, 2.24) is 9.80 Å². The van der Waals surface area contributed by atoms with Crippen molar-refractivity contribution in [3.63, 3.8) is 0 Å². The van der Waals surface area contributed by atoms with E-state index in [2.05, 4.69) is 0 Å². The fraction of sp³-hybridized carbons (Fsp3) is 0.444. The van der Waals surface area contributed by atoms with Gasteiger partial charge in [-0.3, -0.25) is 9.80 Å². The first-order valence-corrected chi connectivity index (χ1v) is 8.66. The van der Waals surface area contributed by atoms with E-state index in [1.807, 2.05) is 30.3 Å². The Morgan fingerprint density at radius 3 is 1.26 bits per heavy atom. The van der Waals surface area contributed by atoms with E-state index in [0.29, 0.717) is 6.61 Å². The van der Waals surface area contributed by atoms with Crippen LogP contribution in [0.4, 0.5) is 0 Å². The third-order valence-electron chi connectivity index (χ3n) is 3.25. The maximum Gasteiger partial charge on any atom is 1.00 e. The van der Waals surface area contributed by atoms with Crippen LogP contribution in [0.2, 0.25) is 0 Å². The molecular weight excluding hydrogens is 496 g/mol. The third kappa shape index (κ3) is 29.0.